The topological polar surface area (TPSA) is 24.9 Å². The van der Waals surface area contributed by atoms with Crippen molar-refractivity contribution in [2.45, 2.75) is 36.6 Å². The number of fused-ring (bicyclic) bond motifs is 1. The average molecular weight is 298 g/mol. The second-order valence-corrected chi connectivity index (χ2v) is 6.57. The number of likely N-dealkylation sites (N-methyl/N-ethyl adjacent to an activating group) is 1. The number of nitrogens with one attached hydrogen (secondary N) is 1. The Morgan fingerprint density at radius 1 is 1.24 bits per heavy atom. The van der Waals surface area contributed by atoms with Crippen LogP contribution in [0.1, 0.15) is 30.5 Å². The molecule has 1 aliphatic rings. The van der Waals surface area contributed by atoms with Crippen molar-refractivity contribution in [2.75, 3.05) is 12.3 Å². The van der Waals surface area contributed by atoms with Gasteiger partial charge < -0.3 is 5.32 Å². The summed E-state index contributed by atoms with van der Waals surface area (Å²) in [6.45, 7) is 3.20. The van der Waals surface area contributed by atoms with E-state index in [-0.39, 0.29) is 0 Å². The van der Waals surface area contributed by atoms with Crippen LogP contribution in [0.5, 0.6) is 0 Å². The Bertz CT molecular complexity index is 570. The Morgan fingerprint density at radius 2 is 2.10 bits per heavy atom. The molecule has 0 saturated carbocycles. The Morgan fingerprint density at radius 3 is 2.90 bits per heavy atom. The van der Waals surface area contributed by atoms with Crippen molar-refractivity contribution in [3.05, 3.63) is 59.9 Å². The summed E-state index contributed by atoms with van der Waals surface area (Å²) in [6, 6.07) is 15.5. The highest BCUT2D eigenvalue weighted by Crippen LogP contribution is 2.35. The van der Waals surface area contributed by atoms with E-state index in [4.69, 9.17) is 0 Å². The van der Waals surface area contributed by atoms with Gasteiger partial charge in [-0.1, -0.05) is 31.2 Å². The van der Waals surface area contributed by atoms with Crippen molar-refractivity contribution in [1.82, 2.24) is 10.3 Å². The average Bonchev–Trinajstić information content (AvgIpc) is 2.96. The molecular weight excluding hydrogens is 276 g/mol. The molecule has 0 radical (unpaired) electrons. The molecule has 21 heavy (non-hydrogen) atoms. The van der Waals surface area contributed by atoms with Gasteiger partial charge in [-0.3, -0.25) is 4.98 Å². The van der Waals surface area contributed by atoms with Gasteiger partial charge in [0.05, 0.1) is 0 Å². The molecule has 0 fully saturated rings. The minimum Gasteiger partial charge on any atom is -0.313 e. The van der Waals surface area contributed by atoms with Gasteiger partial charge in [0.1, 0.15) is 0 Å². The van der Waals surface area contributed by atoms with Crippen LogP contribution in [0, 0.1) is 0 Å². The summed E-state index contributed by atoms with van der Waals surface area (Å²) >= 11 is 1.94. The fraction of sp³-hybridized carbons (Fsp3) is 0.389. The lowest BCUT2D eigenvalue weighted by Gasteiger charge is -2.24. The van der Waals surface area contributed by atoms with E-state index in [2.05, 4.69) is 59.7 Å². The maximum atomic E-state index is 4.65. The van der Waals surface area contributed by atoms with E-state index in [1.54, 1.807) is 0 Å². The maximum absolute atomic E-state index is 4.65. The monoisotopic (exact) mass is 298 g/mol. The largest absolute Gasteiger partial charge is 0.313 e. The molecule has 0 spiro atoms. The van der Waals surface area contributed by atoms with Gasteiger partial charge in [-0.05, 0) is 43.1 Å². The van der Waals surface area contributed by atoms with Gasteiger partial charge in [-0.2, -0.15) is 0 Å². The number of thioether (sulfide) groups is 1. The lowest BCUT2D eigenvalue weighted by molar-refractivity contribution is 0.468. The number of benzene rings is 1. The molecule has 3 rings (SSSR count). The molecule has 1 aliphatic carbocycles. The van der Waals surface area contributed by atoms with Gasteiger partial charge in [0.15, 0.2) is 0 Å². The second kappa shape index (κ2) is 7.10. The van der Waals surface area contributed by atoms with Crippen molar-refractivity contribution < 1.29 is 0 Å². The minimum atomic E-state index is 0.497. The first kappa shape index (κ1) is 14.6. The number of aromatic nitrogens is 1. The molecule has 2 atom stereocenters. The molecule has 1 N–H and O–H groups in total. The van der Waals surface area contributed by atoms with Crippen molar-refractivity contribution in [1.29, 1.82) is 0 Å². The molecule has 2 nitrogen and oxygen atoms in total. The summed E-state index contributed by atoms with van der Waals surface area (Å²) in [6.07, 6.45) is 4.33. The standard InChI is InChI=1S/C18H22N2S/c1-2-19-17(13-21-15-8-4-3-5-9-15)16-11-10-14-7-6-12-20-18(14)16/h3-9,12,16-17,19H,2,10-11,13H2,1H3. The van der Waals surface area contributed by atoms with Crippen LogP contribution in [0.4, 0.5) is 0 Å². The second-order valence-electron chi connectivity index (χ2n) is 5.48. The van der Waals surface area contributed by atoms with Gasteiger partial charge in [-0.25, -0.2) is 0 Å². The summed E-state index contributed by atoms with van der Waals surface area (Å²) in [4.78, 5) is 6.00. The zero-order chi connectivity index (χ0) is 14.5. The third kappa shape index (κ3) is 3.47. The number of hydrogen-bond acceptors (Lipinski definition) is 3. The van der Waals surface area contributed by atoms with Gasteiger partial charge in [0.2, 0.25) is 0 Å². The number of pyridine rings is 1. The molecular formula is C18H22N2S. The molecule has 2 aromatic rings. The van der Waals surface area contributed by atoms with Crippen LogP contribution >= 0.6 is 11.8 Å². The van der Waals surface area contributed by atoms with Crippen LogP contribution in [0.3, 0.4) is 0 Å². The van der Waals surface area contributed by atoms with Crippen LogP contribution in [0.15, 0.2) is 53.6 Å². The van der Waals surface area contributed by atoms with Gasteiger partial charge in [0.25, 0.3) is 0 Å². The smallest absolute Gasteiger partial charge is 0.0482 e. The van der Waals surface area contributed by atoms with Crippen molar-refractivity contribution in [3.8, 4) is 0 Å². The van der Waals surface area contributed by atoms with E-state index in [9.17, 15) is 0 Å². The molecule has 0 amide bonds. The van der Waals surface area contributed by atoms with Crippen LogP contribution in [0.25, 0.3) is 0 Å². The Labute approximate surface area is 131 Å². The lowest BCUT2D eigenvalue weighted by atomic mass is 9.98. The number of rotatable bonds is 6. The molecule has 2 unspecified atom stereocenters. The highest BCUT2D eigenvalue weighted by Gasteiger charge is 2.30. The van der Waals surface area contributed by atoms with Crippen molar-refractivity contribution in [2.24, 2.45) is 0 Å². The van der Waals surface area contributed by atoms with E-state index in [1.807, 2.05) is 18.0 Å². The molecule has 0 saturated heterocycles. The fourth-order valence-electron chi connectivity index (χ4n) is 3.12. The first-order valence-electron chi connectivity index (χ1n) is 7.73. The van der Waals surface area contributed by atoms with Crippen LogP contribution in [-0.4, -0.2) is 23.3 Å². The maximum Gasteiger partial charge on any atom is 0.0482 e. The Hall–Kier alpha value is -1.32. The number of nitrogens with zero attached hydrogens (tertiary/aromatic N) is 1. The van der Waals surface area contributed by atoms with E-state index in [0.717, 1.165) is 12.3 Å². The first-order valence-corrected chi connectivity index (χ1v) is 8.72. The Kier molecular flexibility index (Phi) is 4.94. The van der Waals surface area contributed by atoms with Gasteiger partial charge >= 0.3 is 0 Å². The van der Waals surface area contributed by atoms with E-state index < -0.39 is 0 Å². The first-order chi connectivity index (χ1) is 10.4. The minimum absolute atomic E-state index is 0.497. The predicted octanol–water partition coefficient (Wildman–Crippen LogP) is 3.88. The number of hydrogen-bond donors (Lipinski definition) is 1. The molecule has 0 aliphatic heterocycles. The lowest BCUT2D eigenvalue weighted by Crippen LogP contribution is -2.36. The molecule has 1 aromatic carbocycles. The van der Waals surface area contributed by atoms with Crippen molar-refractivity contribution in [3.63, 3.8) is 0 Å². The van der Waals surface area contributed by atoms with Gasteiger partial charge in [0, 0.05) is 34.5 Å². The van der Waals surface area contributed by atoms with Crippen LogP contribution in [-0.2, 0) is 6.42 Å². The Balaban J connectivity index is 1.70. The van der Waals surface area contributed by atoms with E-state index >= 15 is 0 Å². The molecule has 1 heterocycles. The zero-order valence-corrected chi connectivity index (χ0v) is 13.3. The predicted molar refractivity (Wildman–Crippen MR) is 89.9 cm³/mol. The number of aryl methyl sites for hydroxylation is 1. The van der Waals surface area contributed by atoms with Crippen LogP contribution < -0.4 is 5.32 Å². The zero-order valence-electron chi connectivity index (χ0n) is 12.5. The summed E-state index contributed by atoms with van der Waals surface area (Å²) in [5, 5.41) is 3.67. The molecule has 110 valence electrons. The molecule has 0 bridgehead atoms. The summed E-state index contributed by atoms with van der Waals surface area (Å²) in [7, 11) is 0. The van der Waals surface area contributed by atoms with Crippen molar-refractivity contribution >= 4 is 11.8 Å². The molecule has 1 aromatic heterocycles. The normalized spacial score (nSPS) is 18.4. The highest BCUT2D eigenvalue weighted by molar-refractivity contribution is 7.99. The highest BCUT2D eigenvalue weighted by atomic mass is 32.2. The summed E-state index contributed by atoms with van der Waals surface area (Å²) in [5.74, 6) is 1.65. The quantitative estimate of drug-likeness (QED) is 0.819. The van der Waals surface area contributed by atoms with E-state index in [1.165, 1.54) is 29.0 Å². The van der Waals surface area contributed by atoms with Gasteiger partial charge in [-0.15, -0.1) is 11.8 Å². The SMILES string of the molecule is CCNC(CSc1ccccc1)C1CCc2cccnc21. The third-order valence-corrected chi connectivity index (χ3v) is 5.26. The third-order valence-electron chi connectivity index (χ3n) is 4.13. The molecule has 3 heteroatoms. The van der Waals surface area contributed by atoms with Crippen LogP contribution in [0.2, 0.25) is 0 Å². The summed E-state index contributed by atoms with van der Waals surface area (Å²) in [5.41, 5.74) is 2.76. The fourth-order valence-corrected chi connectivity index (χ4v) is 4.19. The van der Waals surface area contributed by atoms with E-state index in [0.29, 0.717) is 12.0 Å². The summed E-state index contributed by atoms with van der Waals surface area (Å²) < 4.78 is 0.